The van der Waals surface area contributed by atoms with Gasteiger partial charge < -0.3 is 15.1 Å². The summed E-state index contributed by atoms with van der Waals surface area (Å²) in [5.74, 6) is -0.113. The van der Waals surface area contributed by atoms with Gasteiger partial charge in [-0.2, -0.15) is 5.10 Å². The first-order chi connectivity index (χ1) is 14.5. The van der Waals surface area contributed by atoms with Crippen LogP contribution in [0.25, 0.3) is 11.3 Å². The van der Waals surface area contributed by atoms with Gasteiger partial charge >= 0.3 is 0 Å². The Hall–Kier alpha value is -2.48. The molecule has 1 aliphatic heterocycles. The average molecular weight is 444 g/mol. The highest BCUT2D eigenvalue weighted by molar-refractivity contribution is 7.98. The molecule has 156 valence electrons. The normalized spacial score (nSPS) is 15.7. The van der Waals surface area contributed by atoms with Crippen molar-refractivity contribution in [2.75, 3.05) is 19.4 Å². The first-order valence-electron chi connectivity index (χ1n) is 9.59. The minimum absolute atomic E-state index is 0.00465. The second-order valence-corrected chi connectivity index (χ2v) is 8.52. The molecule has 1 atom stereocenters. The number of amides is 1. The van der Waals surface area contributed by atoms with Crippen LogP contribution in [0, 0.1) is 6.92 Å². The van der Waals surface area contributed by atoms with Gasteiger partial charge in [0, 0.05) is 34.2 Å². The first-order valence-corrected chi connectivity index (χ1v) is 11.2. The van der Waals surface area contributed by atoms with Gasteiger partial charge in [0.15, 0.2) is 0 Å². The average Bonchev–Trinajstić information content (AvgIpc) is 3.28. The molecule has 0 unspecified atom stereocenters. The molecule has 2 heterocycles. The number of H-pyrrole nitrogens is 1. The van der Waals surface area contributed by atoms with Gasteiger partial charge in [-0.15, -0.1) is 11.8 Å². The number of aromatic amines is 1. The largest absolute Gasteiger partial charge is 0.507 e. The number of aromatic nitrogens is 2. The number of phenolic OH excluding ortho intramolecular Hbond substituents is 1. The molecule has 6 nitrogen and oxygen atoms in total. The van der Waals surface area contributed by atoms with Gasteiger partial charge in [-0.25, -0.2) is 0 Å². The van der Waals surface area contributed by atoms with Crippen LogP contribution in [0.15, 0.2) is 41.3 Å². The van der Waals surface area contributed by atoms with Gasteiger partial charge in [-0.05, 0) is 55.0 Å². The minimum atomic E-state index is -0.372. The predicted octanol–water partition coefficient (Wildman–Crippen LogP) is 4.39. The fourth-order valence-electron chi connectivity index (χ4n) is 3.86. The molecule has 0 fully saturated rings. The van der Waals surface area contributed by atoms with Crippen LogP contribution in [-0.2, 0) is 0 Å². The Kier molecular flexibility index (Phi) is 5.77. The number of halogens is 1. The maximum atomic E-state index is 13.1. The summed E-state index contributed by atoms with van der Waals surface area (Å²) in [6.45, 7) is 2.22. The van der Waals surface area contributed by atoms with Crippen molar-refractivity contribution >= 4 is 29.3 Å². The summed E-state index contributed by atoms with van der Waals surface area (Å²) in [5, 5.41) is 27.6. The van der Waals surface area contributed by atoms with Gasteiger partial charge in [0.05, 0.1) is 6.04 Å². The number of aliphatic hydroxyl groups is 1. The number of phenols is 1. The standard InChI is InChI=1S/C22H22ClN3O3S/c1-12-10-17(28)15(11-16(12)23)19-18-20(25-24-19)22(29)26(8-3-9-27)21(18)13-4-6-14(30-2)7-5-13/h4-7,10-11,21,27-28H,3,8-9H2,1-2H3,(H,24,25)/t21-/m0/s1. The lowest BCUT2D eigenvalue weighted by Gasteiger charge is -2.26. The van der Waals surface area contributed by atoms with Crippen molar-refractivity contribution in [1.29, 1.82) is 0 Å². The molecule has 2 aromatic carbocycles. The van der Waals surface area contributed by atoms with E-state index in [2.05, 4.69) is 10.2 Å². The second-order valence-electron chi connectivity index (χ2n) is 7.23. The predicted molar refractivity (Wildman–Crippen MR) is 118 cm³/mol. The van der Waals surface area contributed by atoms with E-state index >= 15 is 0 Å². The molecule has 0 saturated carbocycles. The summed E-state index contributed by atoms with van der Waals surface area (Å²) in [6.07, 6.45) is 2.48. The number of aromatic hydroxyl groups is 1. The number of hydrogen-bond donors (Lipinski definition) is 3. The smallest absolute Gasteiger partial charge is 0.273 e. The zero-order valence-corrected chi connectivity index (χ0v) is 18.2. The van der Waals surface area contributed by atoms with E-state index in [1.165, 1.54) is 0 Å². The molecular formula is C22H22ClN3O3S. The topological polar surface area (TPSA) is 89.5 Å². The van der Waals surface area contributed by atoms with Crippen molar-refractivity contribution in [3.8, 4) is 17.0 Å². The molecule has 0 saturated heterocycles. The van der Waals surface area contributed by atoms with Gasteiger partial charge in [-0.3, -0.25) is 9.89 Å². The summed E-state index contributed by atoms with van der Waals surface area (Å²) >= 11 is 7.96. The highest BCUT2D eigenvalue weighted by atomic mass is 35.5. The van der Waals surface area contributed by atoms with Crippen LogP contribution in [0.4, 0.5) is 0 Å². The lowest BCUT2D eigenvalue weighted by Crippen LogP contribution is -2.31. The molecule has 1 aliphatic rings. The van der Waals surface area contributed by atoms with Gasteiger partial charge in [-0.1, -0.05) is 23.7 Å². The zero-order chi connectivity index (χ0) is 21.4. The van der Waals surface area contributed by atoms with E-state index in [9.17, 15) is 15.0 Å². The number of fused-ring (bicyclic) bond motifs is 1. The number of aryl methyl sites for hydroxylation is 1. The summed E-state index contributed by atoms with van der Waals surface area (Å²) in [7, 11) is 0. The Balaban J connectivity index is 1.88. The maximum absolute atomic E-state index is 13.1. The lowest BCUT2D eigenvalue weighted by atomic mass is 9.95. The minimum Gasteiger partial charge on any atom is -0.507 e. The van der Waals surface area contributed by atoms with E-state index < -0.39 is 0 Å². The molecule has 0 radical (unpaired) electrons. The molecule has 30 heavy (non-hydrogen) atoms. The van der Waals surface area contributed by atoms with Gasteiger partial charge in [0.25, 0.3) is 5.91 Å². The third-order valence-electron chi connectivity index (χ3n) is 5.38. The van der Waals surface area contributed by atoms with Crippen LogP contribution >= 0.6 is 23.4 Å². The molecule has 8 heteroatoms. The fourth-order valence-corrected chi connectivity index (χ4v) is 4.43. The summed E-state index contributed by atoms with van der Waals surface area (Å²) in [4.78, 5) is 16.0. The number of hydrogen-bond acceptors (Lipinski definition) is 5. The summed E-state index contributed by atoms with van der Waals surface area (Å²) in [6, 6.07) is 11.0. The van der Waals surface area contributed by atoms with Crippen LogP contribution in [0.2, 0.25) is 5.02 Å². The van der Waals surface area contributed by atoms with Crippen LogP contribution in [0.3, 0.4) is 0 Å². The Morgan fingerprint density at radius 1 is 1.27 bits per heavy atom. The lowest BCUT2D eigenvalue weighted by molar-refractivity contribution is 0.0732. The second kappa shape index (κ2) is 8.34. The highest BCUT2D eigenvalue weighted by Crippen LogP contribution is 2.45. The summed E-state index contributed by atoms with van der Waals surface area (Å²) in [5.41, 5.74) is 3.80. The Morgan fingerprint density at radius 3 is 2.67 bits per heavy atom. The molecule has 3 aromatic rings. The number of nitrogens with zero attached hydrogens (tertiary/aromatic N) is 2. The molecule has 0 bridgehead atoms. The van der Waals surface area contributed by atoms with Crippen molar-refractivity contribution in [1.82, 2.24) is 15.1 Å². The van der Waals surface area contributed by atoms with Crippen LogP contribution in [0.1, 0.15) is 39.6 Å². The molecule has 4 rings (SSSR count). The molecule has 0 spiro atoms. The zero-order valence-electron chi connectivity index (χ0n) is 16.6. The third-order valence-corrected chi connectivity index (χ3v) is 6.54. The number of carbonyl (C=O) groups is 1. The van der Waals surface area contributed by atoms with Crippen molar-refractivity contribution in [3.05, 3.63) is 63.8 Å². The molecule has 0 aliphatic carbocycles. The van der Waals surface area contributed by atoms with Crippen molar-refractivity contribution in [2.24, 2.45) is 0 Å². The van der Waals surface area contributed by atoms with Crippen LogP contribution < -0.4 is 0 Å². The summed E-state index contributed by atoms with van der Waals surface area (Å²) < 4.78 is 0. The third kappa shape index (κ3) is 3.47. The number of nitrogens with one attached hydrogen (secondary N) is 1. The SMILES string of the molecule is CSc1ccc([C@H]2c3c(-c4cc(Cl)c(C)cc4O)n[nH]c3C(=O)N2CCCO)cc1. The molecule has 3 N–H and O–H groups in total. The van der Waals surface area contributed by atoms with E-state index in [1.807, 2.05) is 37.4 Å². The number of carbonyl (C=O) groups excluding carboxylic acids is 1. The monoisotopic (exact) mass is 443 g/mol. The maximum Gasteiger partial charge on any atom is 0.273 e. The quantitative estimate of drug-likeness (QED) is 0.491. The van der Waals surface area contributed by atoms with Crippen LogP contribution in [-0.4, -0.2) is 50.6 Å². The van der Waals surface area contributed by atoms with E-state index in [0.29, 0.717) is 40.5 Å². The van der Waals surface area contributed by atoms with E-state index in [0.717, 1.165) is 16.0 Å². The van der Waals surface area contributed by atoms with Crippen molar-refractivity contribution in [2.45, 2.75) is 24.3 Å². The number of thioether (sulfide) groups is 1. The van der Waals surface area contributed by atoms with Crippen molar-refractivity contribution in [3.63, 3.8) is 0 Å². The number of aliphatic hydroxyl groups excluding tert-OH is 1. The Bertz CT molecular complexity index is 1100. The Morgan fingerprint density at radius 2 is 2.00 bits per heavy atom. The van der Waals surface area contributed by atoms with E-state index in [4.69, 9.17) is 11.6 Å². The molecular weight excluding hydrogens is 422 g/mol. The fraction of sp³-hybridized carbons (Fsp3) is 0.273. The van der Waals surface area contributed by atoms with Crippen LogP contribution in [0.5, 0.6) is 5.75 Å². The van der Waals surface area contributed by atoms with E-state index in [1.54, 1.807) is 28.8 Å². The first kappa shape index (κ1) is 20.8. The Labute approximate surface area is 183 Å². The molecule has 1 amide bonds. The van der Waals surface area contributed by atoms with E-state index in [-0.39, 0.29) is 24.3 Å². The molecule has 1 aromatic heterocycles. The number of benzene rings is 2. The number of rotatable bonds is 6. The highest BCUT2D eigenvalue weighted by Gasteiger charge is 2.42. The van der Waals surface area contributed by atoms with Gasteiger partial charge in [0.1, 0.15) is 17.1 Å². The van der Waals surface area contributed by atoms with Gasteiger partial charge in [0.2, 0.25) is 0 Å². The van der Waals surface area contributed by atoms with Crippen molar-refractivity contribution < 1.29 is 15.0 Å².